The van der Waals surface area contributed by atoms with E-state index in [4.69, 9.17) is 11.1 Å². The van der Waals surface area contributed by atoms with Crippen molar-refractivity contribution < 1.29 is 0 Å². The molecule has 0 aromatic heterocycles. The number of hydrogen-bond donors (Lipinski definition) is 2. The molecule has 0 saturated heterocycles. The summed E-state index contributed by atoms with van der Waals surface area (Å²) < 4.78 is 0. The molecular formula is C30H35N3. The summed E-state index contributed by atoms with van der Waals surface area (Å²) in [6, 6.07) is 21.0. The minimum absolute atomic E-state index is 0.132. The SMILES string of the molecule is CN1CCc2cc(C3CC3c3ccc4cc(C(=N)N)ccc4c3)ccc2C1C1CCCCC1. The predicted molar refractivity (Wildman–Crippen MR) is 137 cm³/mol. The van der Waals surface area contributed by atoms with Crippen LogP contribution in [0.2, 0.25) is 0 Å². The fraction of sp³-hybridized carbons (Fsp3) is 0.433. The number of likely N-dealkylation sites (N-methyl/N-ethyl adjacent to an activating group) is 1. The van der Waals surface area contributed by atoms with Gasteiger partial charge in [0, 0.05) is 18.2 Å². The van der Waals surface area contributed by atoms with Gasteiger partial charge >= 0.3 is 0 Å². The van der Waals surface area contributed by atoms with Gasteiger partial charge in [-0.15, -0.1) is 0 Å². The molecule has 6 rings (SSSR count). The van der Waals surface area contributed by atoms with Crippen LogP contribution in [0.1, 0.15) is 84.2 Å². The van der Waals surface area contributed by atoms with Crippen molar-refractivity contribution in [1.82, 2.24) is 4.90 Å². The number of fused-ring (bicyclic) bond motifs is 2. The fourth-order valence-corrected chi connectivity index (χ4v) is 6.69. The van der Waals surface area contributed by atoms with E-state index in [2.05, 4.69) is 54.4 Å². The number of amidine groups is 1. The van der Waals surface area contributed by atoms with Crippen molar-refractivity contribution in [3.05, 3.63) is 82.4 Å². The molecule has 2 aliphatic carbocycles. The monoisotopic (exact) mass is 437 g/mol. The van der Waals surface area contributed by atoms with Gasteiger partial charge < -0.3 is 5.73 Å². The zero-order chi connectivity index (χ0) is 22.5. The highest BCUT2D eigenvalue weighted by molar-refractivity contribution is 5.99. The number of nitrogen functional groups attached to an aromatic ring is 1. The molecule has 170 valence electrons. The molecule has 3 atom stereocenters. The van der Waals surface area contributed by atoms with E-state index < -0.39 is 0 Å². The first-order chi connectivity index (χ1) is 16.1. The highest BCUT2D eigenvalue weighted by Crippen LogP contribution is 2.55. The van der Waals surface area contributed by atoms with Gasteiger partial charge in [-0.1, -0.05) is 67.8 Å². The van der Waals surface area contributed by atoms with Crippen molar-refractivity contribution in [3.63, 3.8) is 0 Å². The standard InChI is InChI=1S/C30H35N3/c1-33-14-13-24-17-23(11-12-26(24)29(33)19-5-3-2-4-6-19)28-18-27(28)22-9-7-21-16-25(30(31)32)10-8-20(21)15-22/h7-12,15-17,19,27-29H,2-6,13-14,18H2,1H3,(H3,31,32). The van der Waals surface area contributed by atoms with Gasteiger partial charge in [0.1, 0.15) is 5.84 Å². The summed E-state index contributed by atoms with van der Waals surface area (Å²) in [5.41, 5.74) is 12.7. The molecule has 33 heavy (non-hydrogen) atoms. The Bertz CT molecular complexity index is 1210. The van der Waals surface area contributed by atoms with Crippen LogP contribution in [0.25, 0.3) is 10.8 Å². The van der Waals surface area contributed by atoms with Crippen LogP contribution in [0.15, 0.2) is 54.6 Å². The molecule has 0 amide bonds. The van der Waals surface area contributed by atoms with Crippen LogP contribution < -0.4 is 5.73 Å². The van der Waals surface area contributed by atoms with Gasteiger partial charge in [-0.05, 0) is 89.6 Å². The average Bonchev–Trinajstić information content (AvgIpc) is 3.64. The van der Waals surface area contributed by atoms with Crippen LogP contribution in [-0.4, -0.2) is 24.3 Å². The van der Waals surface area contributed by atoms with Crippen LogP contribution in [0, 0.1) is 11.3 Å². The molecule has 2 saturated carbocycles. The first-order valence-corrected chi connectivity index (χ1v) is 12.8. The maximum atomic E-state index is 7.68. The van der Waals surface area contributed by atoms with Crippen LogP contribution in [-0.2, 0) is 6.42 Å². The molecule has 3 aromatic carbocycles. The highest BCUT2D eigenvalue weighted by Gasteiger charge is 2.40. The Morgan fingerprint density at radius 3 is 2.36 bits per heavy atom. The largest absolute Gasteiger partial charge is 0.384 e. The number of hydrogen-bond acceptors (Lipinski definition) is 2. The highest BCUT2D eigenvalue weighted by atomic mass is 15.1. The molecule has 0 spiro atoms. The molecular weight excluding hydrogens is 402 g/mol. The summed E-state index contributed by atoms with van der Waals surface area (Å²) in [5.74, 6) is 2.24. The van der Waals surface area contributed by atoms with Crippen molar-refractivity contribution in [2.45, 2.75) is 62.8 Å². The van der Waals surface area contributed by atoms with E-state index in [0.717, 1.165) is 16.9 Å². The summed E-state index contributed by atoms with van der Waals surface area (Å²) in [6.45, 7) is 1.19. The van der Waals surface area contributed by atoms with Crippen LogP contribution in [0.4, 0.5) is 0 Å². The van der Waals surface area contributed by atoms with Gasteiger partial charge in [0.2, 0.25) is 0 Å². The molecule has 1 aliphatic heterocycles. The van der Waals surface area contributed by atoms with Crippen molar-refractivity contribution in [1.29, 1.82) is 5.41 Å². The summed E-state index contributed by atoms with van der Waals surface area (Å²) in [4.78, 5) is 2.63. The van der Waals surface area contributed by atoms with Gasteiger partial charge in [-0.2, -0.15) is 0 Å². The molecule has 3 aromatic rings. The van der Waals surface area contributed by atoms with Gasteiger partial charge in [0.25, 0.3) is 0 Å². The Kier molecular flexibility index (Phi) is 5.25. The third-order valence-corrected chi connectivity index (χ3v) is 8.61. The molecule has 0 bridgehead atoms. The number of rotatable bonds is 4. The fourth-order valence-electron chi connectivity index (χ4n) is 6.69. The summed E-state index contributed by atoms with van der Waals surface area (Å²) in [5, 5.41) is 10.1. The van der Waals surface area contributed by atoms with Crippen molar-refractivity contribution in [2.75, 3.05) is 13.6 Å². The molecule has 0 radical (unpaired) electrons. The van der Waals surface area contributed by atoms with E-state index in [1.54, 1.807) is 11.1 Å². The van der Waals surface area contributed by atoms with Crippen molar-refractivity contribution >= 4 is 16.6 Å². The molecule has 3 nitrogen and oxygen atoms in total. The lowest BCUT2D eigenvalue weighted by Crippen LogP contribution is -2.37. The molecule has 3 heteroatoms. The molecule has 2 fully saturated rings. The average molecular weight is 438 g/mol. The van der Waals surface area contributed by atoms with Gasteiger partial charge in [-0.3, -0.25) is 10.3 Å². The second-order valence-corrected chi connectivity index (χ2v) is 10.7. The first-order valence-electron chi connectivity index (χ1n) is 12.8. The lowest BCUT2D eigenvalue weighted by Gasteiger charge is -2.41. The van der Waals surface area contributed by atoms with E-state index in [9.17, 15) is 0 Å². The summed E-state index contributed by atoms with van der Waals surface area (Å²) in [7, 11) is 2.34. The minimum atomic E-state index is 0.132. The second-order valence-electron chi connectivity index (χ2n) is 10.7. The molecule has 3 N–H and O–H groups in total. The normalized spacial score (nSPS) is 25.7. The van der Waals surface area contributed by atoms with Crippen molar-refractivity contribution in [3.8, 4) is 0 Å². The van der Waals surface area contributed by atoms with Crippen LogP contribution in [0.5, 0.6) is 0 Å². The van der Waals surface area contributed by atoms with E-state index in [-0.39, 0.29) is 5.84 Å². The number of nitrogens with zero attached hydrogens (tertiary/aromatic N) is 1. The third-order valence-electron chi connectivity index (χ3n) is 8.61. The smallest absolute Gasteiger partial charge is 0.122 e. The van der Waals surface area contributed by atoms with Gasteiger partial charge in [-0.25, -0.2) is 0 Å². The van der Waals surface area contributed by atoms with E-state index in [1.807, 2.05) is 12.1 Å². The number of nitrogens with two attached hydrogens (primary N) is 1. The lowest BCUT2D eigenvalue weighted by atomic mass is 9.77. The summed E-state index contributed by atoms with van der Waals surface area (Å²) >= 11 is 0. The van der Waals surface area contributed by atoms with Crippen molar-refractivity contribution in [2.24, 2.45) is 11.7 Å². The second kappa shape index (κ2) is 8.29. The maximum absolute atomic E-state index is 7.68. The molecule has 3 aliphatic rings. The zero-order valence-corrected chi connectivity index (χ0v) is 19.7. The quantitative estimate of drug-likeness (QED) is 0.361. The Labute approximate surface area is 197 Å². The van der Waals surface area contributed by atoms with E-state index in [0.29, 0.717) is 17.9 Å². The minimum Gasteiger partial charge on any atom is -0.384 e. The third kappa shape index (κ3) is 3.87. The van der Waals surface area contributed by atoms with Gasteiger partial charge in [0.15, 0.2) is 0 Å². The molecule has 3 unspecified atom stereocenters. The Hall–Kier alpha value is -2.65. The van der Waals surface area contributed by atoms with Crippen LogP contribution >= 0.6 is 0 Å². The van der Waals surface area contributed by atoms with Gasteiger partial charge in [0.05, 0.1) is 0 Å². The zero-order valence-electron chi connectivity index (χ0n) is 19.7. The first kappa shape index (κ1) is 20.9. The summed E-state index contributed by atoms with van der Waals surface area (Å²) in [6.07, 6.45) is 9.49. The Morgan fingerprint density at radius 2 is 1.58 bits per heavy atom. The number of benzene rings is 3. The predicted octanol–water partition coefficient (Wildman–Crippen LogP) is 6.50. The molecule has 1 heterocycles. The van der Waals surface area contributed by atoms with Crippen LogP contribution in [0.3, 0.4) is 0 Å². The number of nitrogens with one attached hydrogen (secondary N) is 1. The Morgan fingerprint density at radius 1 is 0.879 bits per heavy atom. The lowest BCUT2D eigenvalue weighted by molar-refractivity contribution is 0.134. The van der Waals surface area contributed by atoms with E-state index >= 15 is 0 Å². The topological polar surface area (TPSA) is 53.1 Å². The Balaban J connectivity index is 1.23. The van der Waals surface area contributed by atoms with E-state index in [1.165, 1.54) is 68.0 Å². The maximum Gasteiger partial charge on any atom is 0.122 e.